The summed E-state index contributed by atoms with van der Waals surface area (Å²) in [6.45, 7) is 3.97. The Hall–Kier alpha value is -2.82. The molecule has 0 fully saturated rings. The van der Waals surface area contributed by atoms with Crippen LogP contribution in [-0.4, -0.2) is 26.3 Å². The first-order chi connectivity index (χ1) is 11.0. The molecule has 0 unspecified atom stereocenters. The molecular formula is C18H20N2O3. The third-order valence-corrected chi connectivity index (χ3v) is 3.58. The van der Waals surface area contributed by atoms with Crippen LogP contribution in [0.3, 0.4) is 0 Å². The van der Waals surface area contributed by atoms with Crippen molar-refractivity contribution in [3.8, 4) is 11.5 Å². The zero-order chi connectivity index (χ0) is 16.8. The number of rotatable bonds is 5. The van der Waals surface area contributed by atoms with E-state index in [0.29, 0.717) is 22.6 Å². The van der Waals surface area contributed by atoms with Crippen molar-refractivity contribution >= 4 is 12.1 Å². The van der Waals surface area contributed by atoms with E-state index < -0.39 is 0 Å². The predicted molar refractivity (Wildman–Crippen MR) is 90.5 cm³/mol. The van der Waals surface area contributed by atoms with Crippen LogP contribution in [0.25, 0.3) is 0 Å². The molecule has 0 spiro atoms. The van der Waals surface area contributed by atoms with Gasteiger partial charge >= 0.3 is 0 Å². The normalized spacial score (nSPS) is 10.6. The van der Waals surface area contributed by atoms with Gasteiger partial charge in [-0.3, -0.25) is 4.79 Å². The fourth-order valence-electron chi connectivity index (χ4n) is 2.05. The molecule has 0 aliphatic heterocycles. The Bertz CT molecular complexity index is 739. The number of hydrogen-bond donors (Lipinski definition) is 1. The van der Waals surface area contributed by atoms with Crippen molar-refractivity contribution in [3.05, 3.63) is 58.7 Å². The molecule has 0 aromatic heterocycles. The Balaban J connectivity index is 2.11. The molecule has 0 saturated carbocycles. The molecule has 1 amide bonds. The van der Waals surface area contributed by atoms with Crippen LogP contribution in [0.4, 0.5) is 0 Å². The zero-order valence-corrected chi connectivity index (χ0v) is 13.7. The third kappa shape index (κ3) is 4.10. The molecule has 5 nitrogen and oxygen atoms in total. The summed E-state index contributed by atoms with van der Waals surface area (Å²) in [5.74, 6) is 1.08. The van der Waals surface area contributed by atoms with Crippen molar-refractivity contribution in [3.63, 3.8) is 0 Å². The summed E-state index contributed by atoms with van der Waals surface area (Å²) in [6.07, 6.45) is 1.53. The lowest BCUT2D eigenvalue weighted by atomic mass is 10.1. The van der Waals surface area contributed by atoms with Crippen molar-refractivity contribution in [2.24, 2.45) is 5.10 Å². The van der Waals surface area contributed by atoms with Gasteiger partial charge in [-0.05, 0) is 55.3 Å². The predicted octanol–water partition coefficient (Wildman–Crippen LogP) is 3.08. The highest BCUT2D eigenvalue weighted by Gasteiger charge is 2.06. The first kappa shape index (κ1) is 16.5. The molecule has 5 heteroatoms. The van der Waals surface area contributed by atoms with Crippen LogP contribution in [0.2, 0.25) is 0 Å². The maximum Gasteiger partial charge on any atom is 0.271 e. The van der Waals surface area contributed by atoms with Crippen LogP contribution >= 0.6 is 0 Å². The number of hydrogen-bond acceptors (Lipinski definition) is 4. The van der Waals surface area contributed by atoms with Crippen molar-refractivity contribution in [1.29, 1.82) is 0 Å². The van der Waals surface area contributed by atoms with E-state index in [4.69, 9.17) is 9.47 Å². The van der Waals surface area contributed by atoms with Gasteiger partial charge in [0.05, 0.1) is 20.4 Å². The number of carbonyl (C=O) groups is 1. The molecule has 0 atom stereocenters. The second-order valence-corrected chi connectivity index (χ2v) is 5.11. The van der Waals surface area contributed by atoms with Gasteiger partial charge in [-0.25, -0.2) is 5.43 Å². The van der Waals surface area contributed by atoms with E-state index >= 15 is 0 Å². The number of amides is 1. The zero-order valence-electron chi connectivity index (χ0n) is 13.7. The topological polar surface area (TPSA) is 59.9 Å². The van der Waals surface area contributed by atoms with Gasteiger partial charge in [-0.1, -0.05) is 6.07 Å². The third-order valence-electron chi connectivity index (χ3n) is 3.58. The van der Waals surface area contributed by atoms with Gasteiger partial charge in [0.1, 0.15) is 11.5 Å². The molecule has 0 saturated heterocycles. The molecule has 0 bridgehead atoms. The van der Waals surface area contributed by atoms with Crippen LogP contribution in [0.1, 0.15) is 27.0 Å². The van der Waals surface area contributed by atoms with E-state index in [1.54, 1.807) is 38.5 Å². The molecule has 0 aliphatic carbocycles. The van der Waals surface area contributed by atoms with Gasteiger partial charge in [0.25, 0.3) is 5.91 Å². The van der Waals surface area contributed by atoms with Crippen LogP contribution in [-0.2, 0) is 0 Å². The summed E-state index contributed by atoms with van der Waals surface area (Å²) >= 11 is 0. The number of benzene rings is 2. The summed E-state index contributed by atoms with van der Waals surface area (Å²) in [7, 11) is 3.16. The standard InChI is InChI=1S/C18H20N2O3/c1-12-5-6-14(9-13(12)2)18(21)20-19-11-15-10-16(22-3)7-8-17(15)23-4/h5-11H,1-4H3,(H,20,21). The molecule has 2 aromatic rings. The largest absolute Gasteiger partial charge is 0.497 e. The smallest absolute Gasteiger partial charge is 0.271 e. The number of aryl methyl sites for hydroxylation is 2. The van der Waals surface area contributed by atoms with E-state index in [1.165, 1.54) is 6.21 Å². The van der Waals surface area contributed by atoms with E-state index in [0.717, 1.165) is 11.1 Å². The highest BCUT2D eigenvalue weighted by atomic mass is 16.5. The summed E-state index contributed by atoms with van der Waals surface area (Å²) in [5.41, 5.74) is 6.01. The maximum atomic E-state index is 12.1. The summed E-state index contributed by atoms with van der Waals surface area (Å²) < 4.78 is 10.4. The van der Waals surface area contributed by atoms with Crippen molar-refractivity contribution in [2.45, 2.75) is 13.8 Å². The lowest BCUT2D eigenvalue weighted by Crippen LogP contribution is -2.17. The molecule has 0 heterocycles. The van der Waals surface area contributed by atoms with Crippen LogP contribution in [0.5, 0.6) is 11.5 Å². The number of carbonyl (C=O) groups excluding carboxylic acids is 1. The minimum absolute atomic E-state index is 0.258. The maximum absolute atomic E-state index is 12.1. The average Bonchev–Trinajstić information content (AvgIpc) is 2.57. The molecule has 23 heavy (non-hydrogen) atoms. The van der Waals surface area contributed by atoms with Crippen LogP contribution < -0.4 is 14.9 Å². The number of methoxy groups -OCH3 is 2. The fourth-order valence-corrected chi connectivity index (χ4v) is 2.05. The van der Waals surface area contributed by atoms with E-state index in [-0.39, 0.29) is 5.91 Å². The molecular weight excluding hydrogens is 292 g/mol. The molecule has 2 aromatic carbocycles. The van der Waals surface area contributed by atoms with Crippen molar-refractivity contribution < 1.29 is 14.3 Å². The Morgan fingerprint density at radius 3 is 2.48 bits per heavy atom. The molecule has 0 aliphatic rings. The lowest BCUT2D eigenvalue weighted by molar-refractivity contribution is 0.0955. The van der Waals surface area contributed by atoms with Gasteiger partial charge < -0.3 is 9.47 Å². The van der Waals surface area contributed by atoms with Crippen LogP contribution in [0.15, 0.2) is 41.5 Å². The van der Waals surface area contributed by atoms with E-state index in [1.807, 2.05) is 26.0 Å². The summed E-state index contributed by atoms with van der Waals surface area (Å²) in [6, 6.07) is 10.9. The second kappa shape index (κ2) is 7.45. The quantitative estimate of drug-likeness (QED) is 0.682. The van der Waals surface area contributed by atoms with E-state index in [2.05, 4.69) is 10.5 Å². The van der Waals surface area contributed by atoms with Crippen molar-refractivity contribution in [2.75, 3.05) is 14.2 Å². The number of nitrogens with one attached hydrogen (secondary N) is 1. The molecule has 1 N–H and O–H groups in total. The molecule has 2 rings (SSSR count). The second-order valence-electron chi connectivity index (χ2n) is 5.11. The number of nitrogens with zero attached hydrogens (tertiary/aromatic N) is 1. The number of ether oxygens (including phenoxy) is 2. The Labute approximate surface area is 135 Å². The van der Waals surface area contributed by atoms with E-state index in [9.17, 15) is 4.79 Å². The van der Waals surface area contributed by atoms with Gasteiger partial charge in [-0.2, -0.15) is 5.10 Å². The minimum atomic E-state index is -0.258. The minimum Gasteiger partial charge on any atom is -0.497 e. The van der Waals surface area contributed by atoms with Gasteiger partial charge in [0.15, 0.2) is 0 Å². The Kier molecular flexibility index (Phi) is 5.36. The van der Waals surface area contributed by atoms with Gasteiger partial charge in [0.2, 0.25) is 0 Å². The summed E-state index contributed by atoms with van der Waals surface area (Å²) in [4.78, 5) is 12.1. The SMILES string of the molecule is COc1ccc(OC)c(C=NNC(=O)c2ccc(C)c(C)c2)c1. The number of hydrazone groups is 1. The molecule has 0 radical (unpaired) electrons. The Morgan fingerprint density at radius 1 is 1.04 bits per heavy atom. The first-order valence-electron chi connectivity index (χ1n) is 7.18. The first-order valence-corrected chi connectivity index (χ1v) is 7.18. The fraction of sp³-hybridized carbons (Fsp3) is 0.222. The van der Waals surface area contributed by atoms with Gasteiger partial charge in [0, 0.05) is 11.1 Å². The Morgan fingerprint density at radius 2 is 1.83 bits per heavy atom. The highest BCUT2D eigenvalue weighted by molar-refractivity contribution is 5.95. The van der Waals surface area contributed by atoms with Crippen molar-refractivity contribution in [1.82, 2.24) is 5.43 Å². The lowest BCUT2D eigenvalue weighted by Gasteiger charge is -2.07. The summed E-state index contributed by atoms with van der Waals surface area (Å²) in [5, 5.41) is 3.99. The average molecular weight is 312 g/mol. The highest BCUT2D eigenvalue weighted by Crippen LogP contribution is 2.22. The van der Waals surface area contributed by atoms with Crippen LogP contribution in [0, 0.1) is 13.8 Å². The van der Waals surface area contributed by atoms with Gasteiger partial charge in [-0.15, -0.1) is 0 Å². The monoisotopic (exact) mass is 312 g/mol. The molecule has 120 valence electrons.